The van der Waals surface area contributed by atoms with E-state index in [0.717, 1.165) is 0 Å². The SMILES string of the molecule is [CH]OC1CCC(O)CO1. The third-order valence-electron chi connectivity index (χ3n) is 1.36. The fourth-order valence-corrected chi connectivity index (χ4v) is 0.821. The molecular weight excluding hydrogens is 120 g/mol. The molecule has 2 radical (unpaired) electrons. The van der Waals surface area contributed by atoms with Crippen LogP contribution in [-0.4, -0.2) is 24.1 Å². The lowest BCUT2D eigenvalue weighted by atomic mass is 10.1. The van der Waals surface area contributed by atoms with E-state index in [2.05, 4.69) is 4.74 Å². The maximum absolute atomic E-state index is 8.90. The summed E-state index contributed by atoms with van der Waals surface area (Å²) in [6.07, 6.45) is 0.740. The smallest absolute Gasteiger partial charge is 0.158 e. The van der Waals surface area contributed by atoms with Crippen molar-refractivity contribution in [3.05, 3.63) is 7.11 Å². The summed E-state index contributed by atoms with van der Waals surface area (Å²) in [4.78, 5) is 0. The molecule has 52 valence electrons. The molecule has 1 aliphatic heterocycles. The van der Waals surface area contributed by atoms with Crippen molar-refractivity contribution in [1.82, 2.24) is 0 Å². The van der Waals surface area contributed by atoms with Gasteiger partial charge in [-0.2, -0.15) is 0 Å². The lowest BCUT2D eigenvalue weighted by molar-refractivity contribution is -0.162. The molecule has 0 aromatic carbocycles. The third-order valence-corrected chi connectivity index (χ3v) is 1.36. The zero-order valence-corrected chi connectivity index (χ0v) is 5.12. The Kier molecular flexibility index (Phi) is 2.45. The van der Waals surface area contributed by atoms with Gasteiger partial charge in [-0.15, -0.1) is 0 Å². The van der Waals surface area contributed by atoms with Crippen LogP contribution in [0.1, 0.15) is 12.8 Å². The van der Waals surface area contributed by atoms with Crippen molar-refractivity contribution < 1.29 is 14.6 Å². The summed E-state index contributed by atoms with van der Waals surface area (Å²) in [5.74, 6) is 0. The van der Waals surface area contributed by atoms with Gasteiger partial charge < -0.3 is 14.6 Å². The van der Waals surface area contributed by atoms with E-state index in [4.69, 9.17) is 17.0 Å². The Morgan fingerprint density at radius 3 is 2.78 bits per heavy atom. The van der Waals surface area contributed by atoms with Gasteiger partial charge >= 0.3 is 0 Å². The highest BCUT2D eigenvalue weighted by Crippen LogP contribution is 2.13. The maximum atomic E-state index is 8.90. The normalized spacial score (nSPS) is 36.7. The minimum absolute atomic E-state index is 0.312. The van der Waals surface area contributed by atoms with Crippen LogP contribution >= 0.6 is 0 Å². The van der Waals surface area contributed by atoms with Crippen LogP contribution in [0.5, 0.6) is 0 Å². The van der Waals surface area contributed by atoms with Gasteiger partial charge in [0.1, 0.15) is 7.11 Å². The first-order chi connectivity index (χ1) is 4.33. The van der Waals surface area contributed by atoms with E-state index in [1.165, 1.54) is 0 Å². The molecule has 1 heterocycles. The van der Waals surface area contributed by atoms with Gasteiger partial charge in [0, 0.05) is 6.42 Å². The fourth-order valence-electron chi connectivity index (χ4n) is 0.821. The predicted molar refractivity (Wildman–Crippen MR) is 30.4 cm³/mol. The Hall–Kier alpha value is -0.120. The summed E-state index contributed by atoms with van der Waals surface area (Å²) in [6.45, 7) is 0.335. The first-order valence-electron chi connectivity index (χ1n) is 2.98. The standard InChI is InChI=1S/C6H10O3/c1-8-6-3-2-5(7)4-9-6/h1,5-7H,2-4H2. The van der Waals surface area contributed by atoms with E-state index in [-0.39, 0.29) is 12.4 Å². The molecule has 0 amide bonds. The van der Waals surface area contributed by atoms with Crippen LogP contribution in [0.3, 0.4) is 0 Å². The highest BCUT2D eigenvalue weighted by Gasteiger charge is 2.18. The molecule has 3 nitrogen and oxygen atoms in total. The van der Waals surface area contributed by atoms with Gasteiger partial charge in [-0.3, -0.25) is 0 Å². The van der Waals surface area contributed by atoms with E-state index in [9.17, 15) is 0 Å². The van der Waals surface area contributed by atoms with Crippen molar-refractivity contribution in [2.45, 2.75) is 25.2 Å². The van der Waals surface area contributed by atoms with Crippen LogP contribution in [-0.2, 0) is 9.47 Å². The molecule has 0 aromatic heterocycles. The third kappa shape index (κ3) is 1.93. The molecule has 0 spiro atoms. The number of hydrogen-bond donors (Lipinski definition) is 1. The fraction of sp³-hybridized carbons (Fsp3) is 0.833. The summed E-state index contributed by atoms with van der Waals surface area (Å²) in [7, 11) is 4.84. The number of ether oxygens (including phenoxy) is 2. The molecule has 0 aliphatic carbocycles. The molecule has 1 N–H and O–H groups in total. The molecule has 0 bridgehead atoms. The van der Waals surface area contributed by atoms with E-state index in [1.54, 1.807) is 0 Å². The Morgan fingerprint density at radius 1 is 1.56 bits per heavy atom. The Bertz CT molecular complexity index is 76.4. The monoisotopic (exact) mass is 130 g/mol. The minimum atomic E-state index is -0.337. The van der Waals surface area contributed by atoms with Crippen molar-refractivity contribution in [2.75, 3.05) is 6.61 Å². The highest BCUT2D eigenvalue weighted by molar-refractivity contribution is 4.62. The first kappa shape index (κ1) is 6.99. The summed E-state index contributed by atoms with van der Waals surface area (Å²) in [5.41, 5.74) is 0. The minimum Gasteiger partial charge on any atom is -0.391 e. The first-order valence-corrected chi connectivity index (χ1v) is 2.98. The lowest BCUT2D eigenvalue weighted by Gasteiger charge is -2.24. The van der Waals surface area contributed by atoms with Gasteiger partial charge in [0.25, 0.3) is 0 Å². The Labute approximate surface area is 54.6 Å². The maximum Gasteiger partial charge on any atom is 0.158 e. The number of rotatable bonds is 1. The average molecular weight is 130 g/mol. The van der Waals surface area contributed by atoms with Gasteiger partial charge in [0.05, 0.1) is 12.7 Å². The van der Waals surface area contributed by atoms with Gasteiger partial charge in [-0.1, -0.05) is 0 Å². The molecule has 1 saturated heterocycles. The van der Waals surface area contributed by atoms with Crippen LogP contribution in [0.25, 0.3) is 0 Å². The summed E-state index contributed by atoms with van der Waals surface area (Å²) in [6, 6.07) is 0. The average Bonchev–Trinajstić information content (AvgIpc) is 1.90. The zero-order valence-electron chi connectivity index (χ0n) is 5.12. The van der Waals surface area contributed by atoms with Gasteiger partial charge in [-0.05, 0) is 6.42 Å². The van der Waals surface area contributed by atoms with Crippen LogP contribution in [0.4, 0.5) is 0 Å². The largest absolute Gasteiger partial charge is 0.391 e. The summed E-state index contributed by atoms with van der Waals surface area (Å²) < 4.78 is 9.35. The van der Waals surface area contributed by atoms with Gasteiger partial charge in [0.2, 0.25) is 0 Å². The molecule has 1 fully saturated rings. The molecule has 3 heteroatoms. The van der Waals surface area contributed by atoms with Crippen LogP contribution < -0.4 is 0 Å². The molecule has 2 atom stereocenters. The van der Waals surface area contributed by atoms with Crippen molar-refractivity contribution in [1.29, 1.82) is 0 Å². The second kappa shape index (κ2) is 3.15. The summed E-state index contributed by atoms with van der Waals surface area (Å²) >= 11 is 0. The lowest BCUT2D eigenvalue weighted by Crippen LogP contribution is -2.29. The van der Waals surface area contributed by atoms with Crippen molar-refractivity contribution in [3.63, 3.8) is 0 Å². The molecular formula is C6H10O3. The van der Waals surface area contributed by atoms with Gasteiger partial charge in [-0.25, -0.2) is 0 Å². The van der Waals surface area contributed by atoms with Crippen LogP contribution in [0.15, 0.2) is 0 Å². The number of hydrogen-bond acceptors (Lipinski definition) is 3. The predicted octanol–water partition coefficient (Wildman–Crippen LogP) is 0.169. The molecule has 9 heavy (non-hydrogen) atoms. The van der Waals surface area contributed by atoms with Crippen LogP contribution in [0, 0.1) is 7.11 Å². The van der Waals surface area contributed by atoms with E-state index >= 15 is 0 Å². The van der Waals surface area contributed by atoms with E-state index < -0.39 is 0 Å². The molecule has 1 aliphatic rings. The van der Waals surface area contributed by atoms with E-state index in [0.29, 0.717) is 19.4 Å². The van der Waals surface area contributed by atoms with Crippen molar-refractivity contribution in [2.24, 2.45) is 0 Å². The Balaban J connectivity index is 2.18. The van der Waals surface area contributed by atoms with Crippen molar-refractivity contribution >= 4 is 0 Å². The molecule has 1 rings (SSSR count). The van der Waals surface area contributed by atoms with Gasteiger partial charge in [0.15, 0.2) is 6.29 Å². The molecule has 2 unspecified atom stereocenters. The van der Waals surface area contributed by atoms with Crippen molar-refractivity contribution in [3.8, 4) is 0 Å². The summed E-state index contributed by atoms with van der Waals surface area (Å²) in [5, 5.41) is 8.90. The zero-order chi connectivity index (χ0) is 6.69. The number of aliphatic hydroxyl groups excluding tert-OH is 1. The van der Waals surface area contributed by atoms with E-state index in [1.807, 2.05) is 0 Å². The highest BCUT2D eigenvalue weighted by atomic mass is 16.7. The second-order valence-corrected chi connectivity index (χ2v) is 2.13. The molecule has 0 saturated carbocycles. The quantitative estimate of drug-likeness (QED) is 0.550. The topological polar surface area (TPSA) is 38.7 Å². The van der Waals surface area contributed by atoms with Crippen LogP contribution in [0.2, 0.25) is 0 Å². The molecule has 0 aromatic rings. The second-order valence-electron chi connectivity index (χ2n) is 2.13. The Morgan fingerprint density at radius 2 is 2.33 bits per heavy atom. The number of aliphatic hydroxyl groups is 1.